The van der Waals surface area contributed by atoms with Gasteiger partial charge in [-0.05, 0) is 41.0 Å². The highest BCUT2D eigenvalue weighted by Crippen LogP contribution is 2.28. The van der Waals surface area contributed by atoms with Gasteiger partial charge in [-0.2, -0.15) is 0 Å². The molecule has 0 radical (unpaired) electrons. The van der Waals surface area contributed by atoms with E-state index < -0.39 is 0 Å². The van der Waals surface area contributed by atoms with Crippen LogP contribution in [0.2, 0.25) is 0 Å². The summed E-state index contributed by atoms with van der Waals surface area (Å²) in [5.41, 5.74) is 2.56. The van der Waals surface area contributed by atoms with Gasteiger partial charge < -0.3 is 21.7 Å². The summed E-state index contributed by atoms with van der Waals surface area (Å²) < 4.78 is 10.6. The first kappa shape index (κ1) is 22.1. The van der Waals surface area contributed by atoms with Crippen molar-refractivity contribution in [3.8, 4) is 5.75 Å². The molecule has 4 rings (SSSR count). The number of hydrogen-bond donors (Lipinski definition) is 0. The molecule has 1 aromatic heterocycles. The molecule has 156 valence electrons. The van der Waals surface area contributed by atoms with Crippen molar-refractivity contribution in [1.29, 1.82) is 0 Å². The third-order valence-corrected chi connectivity index (χ3v) is 5.16. The molecule has 0 aliphatic carbocycles. The molecule has 0 unspecified atom stereocenters. The van der Waals surface area contributed by atoms with E-state index in [1.165, 1.54) is 21.9 Å². The third-order valence-electron chi connectivity index (χ3n) is 5.16. The second-order valence-electron chi connectivity index (χ2n) is 8.09. The largest absolute Gasteiger partial charge is 1.00 e. The molecule has 4 heteroatoms. The number of benzene rings is 3. The van der Waals surface area contributed by atoms with Gasteiger partial charge >= 0.3 is 0 Å². The van der Waals surface area contributed by atoms with Crippen molar-refractivity contribution in [2.24, 2.45) is 5.92 Å². The van der Waals surface area contributed by atoms with E-state index in [0.29, 0.717) is 5.92 Å². The van der Waals surface area contributed by atoms with Crippen LogP contribution in [0.15, 0.2) is 85.5 Å². The van der Waals surface area contributed by atoms with Crippen LogP contribution in [0.5, 0.6) is 5.75 Å². The van der Waals surface area contributed by atoms with E-state index in [1.807, 2.05) is 0 Å². The Balaban J connectivity index is 0.00000256. The SMILES string of the molecule is CC(C)CCOc1cc(C[n+]2ccn(Cc3ccccc3)c2)cc2ccccc12.[Br-]. The number of hydrogen-bond acceptors (Lipinski definition) is 1. The van der Waals surface area contributed by atoms with Gasteiger partial charge in [0, 0.05) is 5.39 Å². The Morgan fingerprint density at radius 2 is 1.70 bits per heavy atom. The molecule has 0 saturated carbocycles. The maximum atomic E-state index is 6.18. The molecule has 1 heterocycles. The van der Waals surface area contributed by atoms with Crippen molar-refractivity contribution in [3.63, 3.8) is 0 Å². The van der Waals surface area contributed by atoms with Crippen LogP contribution >= 0.6 is 0 Å². The zero-order valence-corrected chi connectivity index (χ0v) is 19.3. The van der Waals surface area contributed by atoms with Gasteiger partial charge in [0.2, 0.25) is 6.33 Å². The summed E-state index contributed by atoms with van der Waals surface area (Å²) >= 11 is 0. The Bertz CT molecular complexity index is 1070. The van der Waals surface area contributed by atoms with Gasteiger partial charge in [0.15, 0.2) is 0 Å². The quantitative estimate of drug-likeness (QED) is 0.366. The number of rotatable bonds is 8. The Kier molecular flexibility index (Phi) is 7.69. The fraction of sp³-hybridized carbons (Fsp3) is 0.269. The summed E-state index contributed by atoms with van der Waals surface area (Å²) in [6.45, 7) is 6.93. The second kappa shape index (κ2) is 10.4. The summed E-state index contributed by atoms with van der Waals surface area (Å²) in [5.74, 6) is 1.63. The normalized spacial score (nSPS) is 10.9. The predicted molar refractivity (Wildman–Crippen MR) is 118 cm³/mol. The molecule has 0 spiro atoms. The van der Waals surface area contributed by atoms with Gasteiger partial charge in [-0.1, -0.05) is 68.4 Å². The second-order valence-corrected chi connectivity index (χ2v) is 8.09. The number of fused-ring (bicyclic) bond motifs is 1. The van der Waals surface area contributed by atoms with E-state index in [-0.39, 0.29) is 17.0 Å². The fourth-order valence-electron chi connectivity index (χ4n) is 3.58. The number of ether oxygens (including phenoxy) is 1. The molecule has 0 aliphatic heterocycles. The van der Waals surface area contributed by atoms with Gasteiger partial charge in [-0.3, -0.25) is 0 Å². The molecule has 0 saturated heterocycles. The van der Waals surface area contributed by atoms with Crippen molar-refractivity contribution < 1.29 is 26.3 Å². The number of aromatic nitrogens is 2. The zero-order chi connectivity index (χ0) is 20.1. The van der Waals surface area contributed by atoms with E-state index in [9.17, 15) is 0 Å². The average molecular weight is 465 g/mol. The van der Waals surface area contributed by atoms with Crippen LogP contribution < -0.4 is 26.3 Å². The van der Waals surface area contributed by atoms with Crippen LogP contribution in [0.3, 0.4) is 0 Å². The first-order valence-electron chi connectivity index (χ1n) is 10.4. The van der Waals surface area contributed by atoms with Crippen molar-refractivity contribution >= 4 is 10.8 Å². The average Bonchev–Trinajstić information content (AvgIpc) is 3.15. The third kappa shape index (κ3) is 5.73. The van der Waals surface area contributed by atoms with Crippen LogP contribution in [0, 0.1) is 5.92 Å². The monoisotopic (exact) mass is 464 g/mol. The Hall–Kier alpha value is -2.59. The molecule has 30 heavy (non-hydrogen) atoms. The van der Waals surface area contributed by atoms with E-state index in [2.05, 4.69) is 108 Å². The lowest BCUT2D eigenvalue weighted by Gasteiger charge is -2.12. The first-order chi connectivity index (χ1) is 14.2. The molecule has 0 fully saturated rings. The molecule has 3 aromatic carbocycles. The van der Waals surface area contributed by atoms with E-state index in [0.717, 1.165) is 31.9 Å². The minimum atomic E-state index is 0. The zero-order valence-electron chi connectivity index (χ0n) is 17.7. The Labute approximate surface area is 189 Å². The number of halogens is 1. The van der Waals surface area contributed by atoms with Gasteiger partial charge in [0.05, 0.1) is 6.61 Å². The molecular formula is C26H29BrN2O. The maximum Gasteiger partial charge on any atom is 0.244 e. The molecule has 0 amide bonds. The predicted octanol–water partition coefficient (Wildman–Crippen LogP) is 2.45. The summed E-state index contributed by atoms with van der Waals surface area (Å²) in [7, 11) is 0. The lowest BCUT2D eigenvalue weighted by atomic mass is 10.1. The highest BCUT2D eigenvalue weighted by Gasteiger charge is 2.10. The minimum absolute atomic E-state index is 0. The lowest BCUT2D eigenvalue weighted by Crippen LogP contribution is -3.00. The van der Waals surface area contributed by atoms with Gasteiger partial charge in [0.1, 0.15) is 31.2 Å². The van der Waals surface area contributed by atoms with Crippen LogP contribution in [0.25, 0.3) is 10.8 Å². The van der Waals surface area contributed by atoms with E-state index in [4.69, 9.17) is 4.74 Å². The van der Waals surface area contributed by atoms with Crippen molar-refractivity contribution in [3.05, 3.63) is 96.6 Å². The Morgan fingerprint density at radius 3 is 2.50 bits per heavy atom. The van der Waals surface area contributed by atoms with Gasteiger partial charge in [-0.25, -0.2) is 9.13 Å². The highest BCUT2D eigenvalue weighted by atomic mass is 79.9. The smallest absolute Gasteiger partial charge is 0.244 e. The van der Waals surface area contributed by atoms with Crippen LogP contribution in [0.4, 0.5) is 0 Å². The lowest BCUT2D eigenvalue weighted by molar-refractivity contribution is -0.687. The van der Waals surface area contributed by atoms with Crippen molar-refractivity contribution in [2.75, 3.05) is 6.61 Å². The molecular weight excluding hydrogens is 436 g/mol. The topological polar surface area (TPSA) is 18.0 Å². The minimum Gasteiger partial charge on any atom is -1.00 e. The molecule has 0 atom stereocenters. The van der Waals surface area contributed by atoms with E-state index in [1.54, 1.807) is 0 Å². The van der Waals surface area contributed by atoms with Crippen LogP contribution in [0.1, 0.15) is 31.4 Å². The van der Waals surface area contributed by atoms with Crippen molar-refractivity contribution in [2.45, 2.75) is 33.4 Å². The summed E-state index contributed by atoms with van der Waals surface area (Å²) in [6, 6.07) is 23.5. The van der Waals surface area contributed by atoms with E-state index >= 15 is 0 Å². The standard InChI is InChI=1S/C26H29N2O.BrH/c1-21(2)12-15-29-26-17-23(16-24-10-6-7-11-25(24)26)19-28-14-13-27(20-28)18-22-8-4-3-5-9-22;/h3-11,13-14,16-17,20-21H,12,15,18-19H2,1-2H3;1H/q+1;/p-1. The molecule has 0 N–H and O–H groups in total. The van der Waals surface area contributed by atoms with Crippen LogP contribution in [-0.2, 0) is 13.1 Å². The molecule has 0 aliphatic rings. The highest BCUT2D eigenvalue weighted by molar-refractivity contribution is 5.89. The molecule has 3 nitrogen and oxygen atoms in total. The summed E-state index contributed by atoms with van der Waals surface area (Å²) in [5, 5.41) is 2.42. The Morgan fingerprint density at radius 1 is 0.933 bits per heavy atom. The van der Waals surface area contributed by atoms with Gasteiger partial charge in [0.25, 0.3) is 0 Å². The summed E-state index contributed by atoms with van der Waals surface area (Å²) in [4.78, 5) is 0. The number of imidazole rings is 1. The molecule has 0 bridgehead atoms. The maximum absolute atomic E-state index is 6.18. The van der Waals surface area contributed by atoms with Gasteiger partial charge in [-0.15, -0.1) is 0 Å². The first-order valence-corrected chi connectivity index (χ1v) is 10.4. The molecule has 4 aromatic rings. The van der Waals surface area contributed by atoms with Crippen LogP contribution in [-0.4, -0.2) is 11.2 Å². The van der Waals surface area contributed by atoms with Crippen molar-refractivity contribution in [1.82, 2.24) is 4.57 Å². The number of nitrogens with zero attached hydrogens (tertiary/aromatic N) is 2. The fourth-order valence-corrected chi connectivity index (χ4v) is 3.58. The summed E-state index contributed by atoms with van der Waals surface area (Å²) in [6.07, 6.45) is 7.50.